The van der Waals surface area contributed by atoms with Gasteiger partial charge in [0.25, 0.3) is 0 Å². The summed E-state index contributed by atoms with van der Waals surface area (Å²) >= 11 is 3.42. The van der Waals surface area contributed by atoms with Gasteiger partial charge in [0.05, 0.1) is 49.7 Å². The zero-order valence-corrected chi connectivity index (χ0v) is 83.1. The standard InChI is InChI=1S/C26H36N4O5.C26H32N4O5.C21H28N4O3.C13H12BrN3O3.C13H21NO2.H3P/c2*1-26(2,3)35-25(34)29-15-13-17(14-16-29)7-5-8-18-9-6-10-19-22(18)28(4)24(33)30(19)20-11-12-21(31)27-23(20)32;1-24-19-15(5-2-4-14-10-12-22-13-11-14)6-3-7-16(19)25(21(24)28)17-8-9-18(26)23-20(17)27;1-16-11-7(14)3-2-4-8(11)17(13(16)20)9-5-6-10(18)15-12(9)19;1-5-6-11-7-9-14(10-8-11)12(15)16-13(2,3)4;/h6,9-10,17,20H,5,7-8,11-16H2,1-4H3,(H,27,31,32);6,9-10,17,20H,7,11-16H2,1-4H3,(H,27,31,32);3,6-7,14,17,22H,2,4-5,8-13H2,1H3,(H,23,26,27);2-4,9H,5-6H2,1H3,(H,15,18,19);1,11H,6-10H2,2-4H3;1H3. The number of aromatic nitrogens is 8. The van der Waals surface area contributed by atoms with E-state index < -0.39 is 58.7 Å². The minimum Gasteiger partial charge on any atom is -0.444 e. The molecule has 11 amide bonds. The van der Waals surface area contributed by atoms with E-state index in [0.717, 1.165) is 171 Å². The molecule has 8 fully saturated rings. The highest BCUT2D eigenvalue weighted by molar-refractivity contribution is 9.10. The van der Waals surface area contributed by atoms with Crippen molar-refractivity contribution in [3.63, 3.8) is 0 Å². The topological polar surface area (TPSA) is 393 Å². The van der Waals surface area contributed by atoms with E-state index in [4.69, 9.17) is 20.6 Å². The number of aryl methyl sites for hydroxylation is 6. The second-order valence-corrected chi connectivity index (χ2v) is 40.0. The monoisotopic (exact) mass is 1940 g/mol. The molecule has 36 heteroatoms. The number of carbonyl (C=O) groups is 11. The molecule has 0 radical (unpaired) electrons. The predicted molar refractivity (Wildman–Crippen MR) is 521 cm³/mol. The Kier molecular flexibility index (Phi) is 34.8. The molecule has 728 valence electrons. The fourth-order valence-electron chi connectivity index (χ4n) is 19.1. The van der Waals surface area contributed by atoms with E-state index in [0.29, 0.717) is 79.5 Å². The van der Waals surface area contributed by atoms with Gasteiger partial charge in [-0.3, -0.25) is 96.2 Å². The minimum absolute atomic E-state index is 0. The largest absolute Gasteiger partial charge is 0.444 e. The second kappa shape index (κ2) is 45.3. The number of ether oxygens (including phenoxy) is 3. The number of hydrogen-bond acceptors (Lipinski definition) is 19. The summed E-state index contributed by atoms with van der Waals surface area (Å²) < 4.78 is 29.4. The van der Waals surface area contributed by atoms with Crippen LogP contribution >= 0.6 is 25.8 Å². The van der Waals surface area contributed by atoms with Crippen LogP contribution in [0.2, 0.25) is 0 Å². The van der Waals surface area contributed by atoms with Gasteiger partial charge in [-0.2, -0.15) is 9.90 Å². The van der Waals surface area contributed by atoms with E-state index in [-0.39, 0.29) is 106 Å². The van der Waals surface area contributed by atoms with Gasteiger partial charge < -0.3 is 34.2 Å². The lowest BCUT2D eigenvalue weighted by atomic mass is 9.90. The van der Waals surface area contributed by atoms with E-state index in [1.165, 1.54) is 42.1 Å². The third kappa shape index (κ3) is 25.7. The van der Waals surface area contributed by atoms with Crippen LogP contribution in [0.15, 0.2) is 96.4 Å². The van der Waals surface area contributed by atoms with Gasteiger partial charge in [0.15, 0.2) is 0 Å². The zero-order chi connectivity index (χ0) is 96.9. The second-order valence-electron chi connectivity index (χ2n) is 39.2. The molecule has 12 heterocycles. The molecule has 8 aliphatic rings. The highest BCUT2D eigenvalue weighted by atomic mass is 79.9. The highest BCUT2D eigenvalue weighted by Gasteiger charge is 2.38. The van der Waals surface area contributed by atoms with E-state index in [9.17, 15) is 71.9 Å². The van der Waals surface area contributed by atoms with E-state index in [2.05, 4.69) is 66.3 Å². The molecular formula is C99H132BrN16O18P. The summed E-state index contributed by atoms with van der Waals surface area (Å²) in [6.45, 7) is 23.4. The van der Waals surface area contributed by atoms with Gasteiger partial charge in [-0.05, 0) is 272 Å². The van der Waals surface area contributed by atoms with Crippen LogP contribution in [0.4, 0.5) is 14.4 Å². The Morgan fingerprint density at radius 2 is 0.689 bits per heavy atom. The maximum absolute atomic E-state index is 13.1. The average molecular weight is 1950 g/mol. The van der Waals surface area contributed by atoms with Crippen LogP contribution in [0.1, 0.15) is 244 Å². The lowest BCUT2D eigenvalue weighted by Crippen LogP contribution is -2.44. The SMILES string of the molecule is C#CCC1CCN(C(=O)OC(C)(C)C)CC1.Cn1c(=O)n(C2CCC(=O)NC2=O)c2cccc(Br)c21.Cn1c(=O)n(C2CCC(=O)NC2=O)c2cccc(C#CCC3CCN(C(=O)OC(C)(C)C)CC3)c21.Cn1c(=O)n(C2CCC(=O)NC2=O)c2cccc(CCCC3CCN(C(=O)OC(C)(C)C)CC3)c21.Cn1c(=O)n(C2CCC(=O)NC2=O)c2cccc(CCCC3CCNCC3)c21.P. The normalized spacial score (nSPS) is 19.5. The van der Waals surface area contributed by atoms with E-state index in [1.807, 2.05) is 117 Å². The molecule has 5 unspecified atom stereocenters. The fraction of sp³-hybridized carbons (Fsp3) is 0.566. The maximum atomic E-state index is 13.1. The molecule has 16 rings (SSSR count). The summed E-state index contributed by atoms with van der Waals surface area (Å²) in [5.41, 5.74) is 6.54. The molecule has 0 saturated carbocycles. The predicted octanol–water partition coefficient (Wildman–Crippen LogP) is 11.4. The van der Waals surface area contributed by atoms with Crippen molar-refractivity contribution in [1.29, 1.82) is 0 Å². The maximum Gasteiger partial charge on any atom is 0.410 e. The van der Waals surface area contributed by atoms with Gasteiger partial charge in [-0.15, -0.1) is 12.3 Å². The molecule has 0 spiro atoms. The Bertz CT molecular complexity index is 6130. The summed E-state index contributed by atoms with van der Waals surface area (Å²) in [5.74, 6) is 8.62. The van der Waals surface area contributed by atoms with Gasteiger partial charge in [0.2, 0.25) is 47.3 Å². The summed E-state index contributed by atoms with van der Waals surface area (Å²) in [7, 11) is 6.84. The molecule has 34 nitrogen and oxygen atoms in total. The Labute approximate surface area is 797 Å². The van der Waals surface area contributed by atoms with Crippen molar-refractivity contribution in [2.75, 3.05) is 52.4 Å². The van der Waals surface area contributed by atoms with Crippen LogP contribution in [-0.2, 0) is 93.6 Å². The van der Waals surface area contributed by atoms with E-state index in [1.54, 1.807) is 68.7 Å². The smallest absolute Gasteiger partial charge is 0.410 e. The van der Waals surface area contributed by atoms with Crippen molar-refractivity contribution in [1.82, 2.24) is 77.8 Å². The molecule has 0 bridgehead atoms. The first-order valence-corrected chi connectivity index (χ1v) is 47.7. The minimum atomic E-state index is -0.720. The number of nitrogens with one attached hydrogen (secondary N) is 5. The summed E-state index contributed by atoms with van der Waals surface area (Å²) in [4.78, 5) is 188. The van der Waals surface area contributed by atoms with E-state index >= 15 is 0 Å². The van der Waals surface area contributed by atoms with Gasteiger partial charge >= 0.3 is 41.0 Å². The first kappa shape index (κ1) is 104. The van der Waals surface area contributed by atoms with Crippen LogP contribution in [0, 0.1) is 47.9 Å². The Balaban J connectivity index is 0.000000166. The van der Waals surface area contributed by atoms with Gasteiger partial charge in [0.1, 0.15) is 41.0 Å². The molecule has 135 heavy (non-hydrogen) atoms. The number of halogens is 1. The fourth-order valence-corrected chi connectivity index (χ4v) is 19.7. The van der Waals surface area contributed by atoms with Crippen molar-refractivity contribution in [2.24, 2.45) is 51.9 Å². The molecule has 8 aliphatic heterocycles. The van der Waals surface area contributed by atoms with Crippen molar-refractivity contribution in [3.05, 3.63) is 136 Å². The number of imide groups is 4. The van der Waals surface area contributed by atoms with Crippen molar-refractivity contribution in [2.45, 2.75) is 257 Å². The molecule has 4 aromatic heterocycles. The van der Waals surface area contributed by atoms with Crippen molar-refractivity contribution in [3.8, 4) is 24.2 Å². The van der Waals surface area contributed by atoms with Gasteiger partial charge in [-0.25, -0.2) is 33.6 Å². The third-order valence-corrected chi connectivity index (χ3v) is 26.7. The summed E-state index contributed by atoms with van der Waals surface area (Å²) in [6.07, 6.45) is 22.6. The number of fused-ring (bicyclic) bond motifs is 4. The molecule has 4 aromatic carbocycles. The number of benzene rings is 4. The number of amides is 11. The lowest BCUT2D eigenvalue weighted by molar-refractivity contribution is -0.137. The van der Waals surface area contributed by atoms with Gasteiger partial charge in [0, 0.05) is 110 Å². The number of piperidine rings is 8. The lowest BCUT2D eigenvalue weighted by Gasteiger charge is -2.33. The van der Waals surface area contributed by atoms with Crippen LogP contribution in [-0.4, -0.2) is 186 Å². The molecule has 5 atom stereocenters. The average Bonchev–Trinajstić information content (AvgIpc) is 1.62. The number of imidazole rings is 4. The molecule has 5 N–H and O–H groups in total. The molecular weight excluding hydrogens is 1810 g/mol. The number of likely N-dealkylation sites (tertiary alicyclic amines) is 3. The van der Waals surface area contributed by atoms with Gasteiger partial charge in [-0.1, -0.05) is 54.7 Å². The van der Waals surface area contributed by atoms with Crippen LogP contribution in [0.25, 0.3) is 44.1 Å². The third-order valence-electron chi connectivity index (χ3n) is 26.0. The number of terminal acetylenes is 1. The quantitative estimate of drug-likeness (QED) is 0.0292. The summed E-state index contributed by atoms with van der Waals surface area (Å²) in [6, 6.07) is 20.1. The highest BCUT2D eigenvalue weighted by Crippen LogP contribution is 2.35. The Hall–Kier alpha value is -11.7. The molecule has 8 aromatic rings. The molecule has 8 saturated heterocycles. The zero-order valence-electron chi connectivity index (χ0n) is 80.1. The Morgan fingerprint density at radius 1 is 0.393 bits per heavy atom. The first-order valence-electron chi connectivity index (χ1n) is 46.9. The van der Waals surface area contributed by atoms with Crippen molar-refractivity contribution >= 4 is 135 Å². The van der Waals surface area contributed by atoms with Crippen molar-refractivity contribution < 1.29 is 67.0 Å². The number of nitrogens with zero attached hydrogens (tertiary/aromatic N) is 11. The molecule has 0 aliphatic carbocycles. The number of hydrogen-bond donors (Lipinski definition) is 5. The number of para-hydroxylation sites is 4. The Morgan fingerprint density at radius 3 is 1.03 bits per heavy atom. The number of carbonyl (C=O) groups excluding carboxylic acids is 11. The van der Waals surface area contributed by atoms with Crippen LogP contribution in [0.3, 0.4) is 0 Å². The van der Waals surface area contributed by atoms with Crippen LogP contribution < -0.4 is 49.3 Å². The summed E-state index contributed by atoms with van der Waals surface area (Å²) in [5, 5.41) is 12.7. The number of rotatable bonds is 14. The first-order chi connectivity index (χ1) is 63.6. The van der Waals surface area contributed by atoms with Crippen LogP contribution in [0.5, 0.6) is 0 Å².